The van der Waals surface area contributed by atoms with Gasteiger partial charge in [-0.15, -0.1) is 0 Å². The topological polar surface area (TPSA) is 20.3 Å². The van der Waals surface area contributed by atoms with Crippen molar-refractivity contribution < 1.29 is 4.79 Å². The van der Waals surface area contributed by atoms with Gasteiger partial charge in [0, 0.05) is 13.6 Å². The molecule has 1 amide bonds. The van der Waals surface area contributed by atoms with Crippen molar-refractivity contribution in [2.24, 2.45) is 0 Å². The van der Waals surface area contributed by atoms with Gasteiger partial charge < -0.3 is 4.90 Å². The number of fused-ring (bicyclic) bond motifs is 1. The van der Waals surface area contributed by atoms with Gasteiger partial charge in [0.25, 0.3) is 0 Å². The number of benzene rings is 1. The van der Waals surface area contributed by atoms with E-state index in [0.29, 0.717) is 6.54 Å². The molecule has 0 aromatic heterocycles. The Bertz CT molecular complexity index is 417. The lowest BCUT2D eigenvalue weighted by Crippen LogP contribution is -2.23. The summed E-state index contributed by atoms with van der Waals surface area (Å²) in [5.74, 6) is 0. The summed E-state index contributed by atoms with van der Waals surface area (Å²) in [6.07, 6.45) is 5.91. The van der Waals surface area contributed by atoms with Gasteiger partial charge in [-0.3, -0.25) is 4.79 Å². The van der Waals surface area contributed by atoms with Gasteiger partial charge >= 0.3 is 5.37 Å². The fraction of sp³-hybridized carbons (Fsp3) is 0.500. The highest BCUT2D eigenvalue weighted by Gasteiger charge is 2.10. The molecule has 0 spiro atoms. The summed E-state index contributed by atoms with van der Waals surface area (Å²) in [7, 11) is 1.73. The van der Waals surface area contributed by atoms with Crippen LogP contribution in [0.5, 0.6) is 0 Å². The van der Waals surface area contributed by atoms with Crippen LogP contribution < -0.4 is 0 Å². The van der Waals surface area contributed by atoms with Gasteiger partial charge in [0.15, 0.2) is 0 Å². The smallest absolute Gasteiger partial charge is 0.316 e. The van der Waals surface area contributed by atoms with E-state index in [0.717, 1.165) is 6.42 Å². The molecule has 2 rings (SSSR count). The van der Waals surface area contributed by atoms with Gasteiger partial charge in [-0.05, 0) is 60.4 Å². The van der Waals surface area contributed by atoms with E-state index in [1.807, 2.05) is 0 Å². The van der Waals surface area contributed by atoms with Crippen LogP contribution in [0.2, 0.25) is 0 Å². The van der Waals surface area contributed by atoms with Gasteiger partial charge in [0.1, 0.15) is 0 Å². The number of nitrogens with zero attached hydrogens (tertiary/aromatic N) is 1. The Kier molecular flexibility index (Phi) is 4.06. The maximum atomic E-state index is 10.9. The quantitative estimate of drug-likeness (QED) is 0.596. The zero-order valence-electron chi connectivity index (χ0n) is 10.2. The number of likely N-dealkylation sites (N-methyl/N-ethyl adjacent to an activating group) is 1. The van der Waals surface area contributed by atoms with E-state index >= 15 is 0 Å². The summed E-state index contributed by atoms with van der Waals surface area (Å²) >= 11 is 5.40. The van der Waals surface area contributed by atoms with Crippen molar-refractivity contribution in [3.05, 3.63) is 34.9 Å². The minimum absolute atomic E-state index is 0.386. The number of carbonyl (C=O) groups is 1. The third-order valence-electron chi connectivity index (χ3n) is 3.45. The number of aryl methyl sites for hydroxylation is 2. The molecule has 0 N–H and O–H groups in total. The Labute approximate surface area is 108 Å². The molecule has 0 aliphatic heterocycles. The molecule has 0 heterocycles. The molecule has 1 aliphatic carbocycles. The molecule has 0 saturated heterocycles. The molecule has 2 nitrogen and oxygen atoms in total. The summed E-state index contributed by atoms with van der Waals surface area (Å²) < 4.78 is 0. The number of halogens is 1. The van der Waals surface area contributed by atoms with E-state index in [4.69, 9.17) is 11.6 Å². The largest absolute Gasteiger partial charge is 0.332 e. The predicted molar refractivity (Wildman–Crippen MR) is 70.7 cm³/mol. The molecule has 0 radical (unpaired) electrons. The molecule has 1 aliphatic rings. The van der Waals surface area contributed by atoms with Crippen molar-refractivity contribution in [3.8, 4) is 0 Å². The van der Waals surface area contributed by atoms with Gasteiger partial charge in [-0.25, -0.2) is 0 Å². The highest BCUT2D eigenvalue weighted by Crippen LogP contribution is 2.22. The molecule has 0 atom stereocenters. The summed E-state index contributed by atoms with van der Waals surface area (Å²) in [4.78, 5) is 12.4. The van der Waals surface area contributed by atoms with Gasteiger partial charge in [0.2, 0.25) is 0 Å². The summed E-state index contributed by atoms with van der Waals surface area (Å²) in [6, 6.07) is 6.71. The van der Waals surface area contributed by atoms with Crippen LogP contribution in [-0.4, -0.2) is 23.9 Å². The van der Waals surface area contributed by atoms with E-state index in [2.05, 4.69) is 18.2 Å². The second-order valence-corrected chi connectivity index (χ2v) is 5.06. The van der Waals surface area contributed by atoms with Crippen LogP contribution in [0.3, 0.4) is 0 Å². The standard InChI is InChI=1S/C14H18ClNO/c1-16(14(15)17)9-8-11-6-7-12-4-2-3-5-13(12)10-11/h6-7,10H,2-5,8-9H2,1H3. The molecule has 17 heavy (non-hydrogen) atoms. The number of carbonyl (C=O) groups excluding carboxylic acids is 1. The number of hydrogen-bond donors (Lipinski definition) is 0. The van der Waals surface area contributed by atoms with E-state index in [1.165, 1.54) is 42.4 Å². The Hall–Kier alpha value is -1.02. The van der Waals surface area contributed by atoms with Crippen LogP contribution >= 0.6 is 11.6 Å². The zero-order chi connectivity index (χ0) is 12.3. The van der Waals surface area contributed by atoms with Crippen LogP contribution in [0.25, 0.3) is 0 Å². The van der Waals surface area contributed by atoms with Gasteiger partial charge in [-0.1, -0.05) is 18.2 Å². The number of rotatable bonds is 3. The molecule has 0 unspecified atom stereocenters. The van der Waals surface area contributed by atoms with Crippen LogP contribution in [0.15, 0.2) is 18.2 Å². The normalized spacial score (nSPS) is 14.2. The van der Waals surface area contributed by atoms with E-state index in [-0.39, 0.29) is 5.37 Å². The van der Waals surface area contributed by atoms with Crippen LogP contribution in [0, 0.1) is 0 Å². The first-order valence-electron chi connectivity index (χ1n) is 6.18. The van der Waals surface area contributed by atoms with Crippen LogP contribution in [0.1, 0.15) is 29.5 Å². The molecule has 0 saturated carbocycles. The maximum absolute atomic E-state index is 10.9. The van der Waals surface area contributed by atoms with Crippen molar-refractivity contribution in [1.82, 2.24) is 4.90 Å². The average molecular weight is 252 g/mol. The molecular formula is C14H18ClNO. The van der Waals surface area contributed by atoms with Crippen molar-refractivity contribution in [2.45, 2.75) is 32.1 Å². The fourth-order valence-corrected chi connectivity index (χ4v) is 2.41. The predicted octanol–water partition coefficient (Wildman–Crippen LogP) is 3.40. The van der Waals surface area contributed by atoms with Crippen molar-refractivity contribution >= 4 is 17.0 Å². The Balaban J connectivity index is 2.00. The number of hydrogen-bond acceptors (Lipinski definition) is 1. The summed E-state index contributed by atoms with van der Waals surface area (Å²) in [5.41, 5.74) is 4.30. The zero-order valence-corrected chi connectivity index (χ0v) is 11.0. The Morgan fingerprint density at radius 3 is 2.71 bits per heavy atom. The van der Waals surface area contributed by atoms with Crippen LogP contribution in [-0.2, 0) is 19.3 Å². The maximum Gasteiger partial charge on any atom is 0.316 e. The first-order valence-corrected chi connectivity index (χ1v) is 6.56. The lowest BCUT2D eigenvalue weighted by atomic mass is 9.90. The average Bonchev–Trinajstić information content (AvgIpc) is 2.35. The Morgan fingerprint density at radius 2 is 2.00 bits per heavy atom. The summed E-state index contributed by atoms with van der Waals surface area (Å²) in [6.45, 7) is 0.682. The van der Waals surface area contributed by atoms with E-state index < -0.39 is 0 Å². The third kappa shape index (κ3) is 3.22. The first-order chi connectivity index (χ1) is 8.16. The fourth-order valence-electron chi connectivity index (χ4n) is 2.33. The highest BCUT2D eigenvalue weighted by atomic mass is 35.5. The third-order valence-corrected chi connectivity index (χ3v) is 3.74. The minimum Gasteiger partial charge on any atom is -0.332 e. The van der Waals surface area contributed by atoms with E-state index in [9.17, 15) is 4.79 Å². The highest BCUT2D eigenvalue weighted by molar-refractivity contribution is 6.62. The molecule has 1 aromatic carbocycles. The van der Waals surface area contributed by atoms with Crippen molar-refractivity contribution in [2.75, 3.05) is 13.6 Å². The first kappa shape index (κ1) is 12.4. The molecule has 3 heteroatoms. The van der Waals surface area contributed by atoms with Gasteiger partial charge in [-0.2, -0.15) is 0 Å². The molecular weight excluding hydrogens is 234 g/mol. The minimum atomic E-state index is -0.386. The molecule has 1 aromatic rings. The lowest BCUT2D eigenvalue weighted by molar-refractivity contribution is 0.232. The molecule has 0 bridgehead atoms. The van der Waals surface area contributed by atoms with Crippen molar-refractivity contribution in [3.63, 3.8) is 0 Å². The lowest BCUT2D eigenvalue weighted by Gasteiger charge is -2.18. The summed E-state index contributed by atoms with van der Waals surface area (Å²) in [5, 5.41) is -0.386. The van der Waals surface area contributed by atoms with Crippen molar-refractivity contribution in [1.29, 1.82) is 0 Å². The monoisotopic (exact) mass is 251 g/mol. The SMILES string of the molecule is CN(CCc1ccc2c(c1)CCCC2)C(=O)Cl. The molecule has 0 fully saturated rings. The van der Waals surface area contributed by atoms with Gasteiger partial charge in [0.05, 0.1) is 0 Å². The van der Waals surface area contributed by atoms with E-state index in [1.54, 1.807) is 11.9 Å². The number of amides is 1. The Morgan fingerprint density at radius 1 is 1.29 bits per heavy atom. The molecule has 92 valence electrons. The van der Waals surface area contributed by atoms with Crippen LogP contribution in [0.4, 0.5) is 4.79 Å². The second kappa shape index (κ2) is 5.54. The second-order valence-electron chi connectivity index (χ2n) is 4.73.